The van der Waals surface area contributed by atoms with Gasteiger partial charge in [-0.2, -0.15) is 5.26 Å². The monoisotopic (exact) mass is 530 g/mol. The molecular weight excluding hydrogens is 499 g/mol. The van der Waals surface area contributed by atoms with Crippen molar-refractivity contribution in [2.24, 2.45) is 5.73 Å². The van der Waals surface area contributed by atoms with Gasteiger partial charge in [0.25, 0.3) is 0 Å². The van der Waals surface area contributed by atoms with Crippen molar-refractivity contribution >= 4 is 5.97 Å². The molecular formula is C31H31FN2O5. The van der Waals surface area contributed by atoms with E-state index >= 15 is 0 Å². The van der Waals surface area contributed by atoms with Crippen LogP contribution in [0.5, 0.6) is 23.0 Å². The molecule has 0 aromatic heterocycles. The van der Waals surface area contributed by atoms with Crippen LogP contribution in [0.15, 0.2) is 78.2 Å². The zero-order valence-electron chi connectivity index (χ0n) is 21.8. The van der Waals surface area contributed by atoms with Crippen molar-refractivity contribution in [2.75, 3.05) is 13.2 Å². The van der Waals surface area contributed by atoms with Crippen molar-refractivity contribution in [2.45, 2.75) is 44.9 Å². The van der Waals surface area contributed by atoms with Gasteiger partial charge in [-0.1, -0.05) is 50.8 Å². The van der Waals surface area contributed by atoms with Gasteiger partial charge in [0.2, 0.25) is 5.88 Å². The van der Waals surface area contributed by atoms with E-state index < -0.39 is 17.7 Å². The molecule has 202 valence electrons. The van der Waals surface area contributed by atoms with E-state index in [2.05, 4.69) is 13.0 Å². The van der Waals surface area contributed by atoms with Crippen LogP contribution in [0.1, 0.15) is 56.1 Å². The molecule has 0 saturated carbocycles. The van der Waals surface area contributed by atoms with E-state index in [-0.39, 0.29) is 18.2 Å². The molecule has 3 aromatic carbocycles. The quantitative estimate of drug-likeness (QED) is 0.165. The number of carbonyl (C=O) groups is 1. The Labute approximate surface area is 227 Å². The molecule has 1 atom stereocenters. The third kappa shape index (κ3) is 7.29. The number of hydrogen-bond donors (Lipinski definition) is 1. The maximum atomic E-state index is 13.0. The lowest BCUT2D eigenvalue weighted by atomic mass is 9.83. The predicted octanol–water partition coefficient (Wildman–Crippen LogP) is 6.38. The first kappa shape index (κ1) is 27.5. The molecule has 0 amide bonds. The van der Waals surface area contributed by atoms with Crippen LogP contribution in [-0.4, -0.2) is 19.2 Å². The molecule has 0 spiro atoms. The molecule has 39 heavy (non-hydrogen) atoms. The minimum absolute atomic E-state index is 0.00877. The smallest absolute Gasteiger partial charge is 0.349 e. The highest BCUT2D eigenvalue weighted by Crippen LogP contribution is 2.43. The second-order valence-electron chi connectivity index (χ2n) is 9.17. The lowest BCUT2D eigenvalue weighted by molar-refractivity contribution is -0.136. The molecule has 0 saturated heterocycles. The molecule has 1 aliphatic rings. The van der Waals surface area contributed by atoms with Crippen molar-refractivity contribution < 1.29 is 28.1 Å². The summed E-state index contributed by atoms with van der Waals surface area (Å²) in [6, 6.07) is 20.0. The highest BCUT2D eigenvalue weighted by Gasteiger charge is 2.31. The normalized spacial score (nSPS) is 14.1. The standard InChI is InChI=1S/C31H31FN2O5/c1-2-3-4-5-6-17-36-23-11-7-21(8-12-23)30-26-16-15-25(18-28(26)39-31(34)27(30)19-33)38-29(35)20-37-24-13-9-22(32)10-14-24/h7-16,18,30H,2-6,17,20,34H2,1H3. The fourth-order valence-corrected chi connectivity index (χ4v) is 4.33. The SMILES string of the molecule is CCCCCCCOc1ccc(C2C(C#N)=C(N)Oc3cc(OC(=O)COc4ccc(F)cc4)ccc32)cc1. The van der Waals surface area contributed by atoms with Gasteiger partial charge in [0.15, 0.2) is 6.61 Å². The number of esters is 1. The average molecular weight is 531 g/mol. The summed E-state index contributed by atoms with van der Waals surface area (Å²) in [5.74, 6) is 0.220. The Kier molecular flexibility index (Phi) is 9.41. The van der Waals surface area contributed by atoms with Gasteiger partial charge >= 0.3 is 5.97 Å². The van der Waals surface area contributed by atoms with E-state index in [4.69, 9.17) is 24.7 Å². The highest BCUT2D eigenvalue weighted by atomic mass is 19.1. The number of hydrogen-bond acceptors (Lipinski definition) is 7. The van der Waals surface area contributed by atoms with Gasteiger partial charge in [-0.3, -0.25) is 0 Å². The molecule has 0 radical (unpaired) electrons. The number of nitriles is 1. The van der Waals surface area contributed by atoms with E-state index in [1.807, 2.05) is 24.3 Å². The fraction of sp³-hybridized carbons (Fsp3) is 0.290. The van der Waals surface area contributed by atoms with Gasteiger partial charge in [-0.25, -0.2) is 9.18 Å². The van der Waals surface area contributed by atoms with Crippen LogP contribution in [0.2, 0.25) is 0 Å². The van der Waals surface area contributed by atoms with Crippen molar-refractivity contribution in [1.82, 2.24) is 0 Å². The van der Waals surface area contributed by atoms with E-state index in [9.17, 15) is 14.4 Å². The molecule has 2 N–H and O–H groups in total. The molecule has 0 fully saturated rings. The molecule has 0 bridgehead atoms. The van der Waals surface area contributed by atoms with Gasteiger partial charge in [0.1, 0.15) is 40.5 Å². The summed E-state index contributed by atoms with van der Waals surface area (Å²) in [4.78, 5) is 12.3. The second kappa shape index (κ2) is 13.3. The van der Waals surface area contributed by atoms with E-state index in [0.29, 0.717) is 29.2 Å². The number of rotatable bonds is 12. The summed E-state index contributed by atoms with van der Waals surface area (Å²) in [5.41, 5.74) is 7.97. The number of halogens is 1. The number of carbonyl (C=O) groups excluding carboxylic acids is 1. The van der Waals surface area contributed by atoms with Crippen molar-refractivity contribution in [3.05, 3.63) is 95.1 Å². The Balaban J connectivity index is 1.43. The van der Waals surface area contributed by atoms with Crippen LogP contribution in [0.25, 0.3) is 0 Å². The van der Waals surface area contributed by atoms with Crippen LogP contribution in [-0.2, 0) is 4.79 Å². The van der Waals surface area contributed by atoms with Gasteiger partial charge in [0.05, 0.1) is 12.5 Å². The minimum atomic E-state index is -0.645. The maximum Gasteiger partial charge on any atom is 0.349 e. The number of ether oxygens (including phenoxy) is 4. The van der Waals surface area contributed by atoms with Crippen LogP contribution in [0, 0.1) is 17.1 Å². The lowest BCUT2D eigenvalue weighted by Gasteiger charge is -2.26. The topological polar surface area (TPSA) is 104 Å². The molecule has 4 rings (SSSR count). The van der Waals surface area contributed by atoms with Gasteiger partial charge in [-0.15, -0.1) is 0 Å². The van der Waals surface area contributed by atoms with Crippen molar-refractivity contribution in [3.63, 3.8) is 0 Å². The number of nitrogens with two attached hydrogens (primary N) is 1. The van der Waals surface area contributed by atoms with Crippen LogP contribution < -0.4 is 24.7 Å². The minimum Gasteiger partial charge on any atom is -0.494 e. The largest absolute Gasteiger partial charge is 0.494 e. The van der Waals surface area contributed by atoms with Gasteiger partial charge < -0.3 is 24.7 Å². The highest BCUT2D eigenvalue weighted by molar-refractivity contribution is 5.74. The number of nitrogens with zero attached hydrogens (tertiary/aromatic N) is 1. The molecule has 8 heteroatoms. The number of allylic oxidation sites excluding steroid dienone is 1. The Bertz CT molecular complexity index is 1350. The summed E-state index contributed by atoms with van der Waals surface area (Å²) in [6.07, 6.45) is 5.84. The molecule has 0 aliphatic carbocycles. The lowest BCUT2D eigenvalue weighted by Crippen LogP contribution is -2.21. The maximum absolute atomic E-state index is 13.0. The third-order valence-electron chi connectivity index (χ3n) is 6.32. The third-order valence-corrected chi connectivity index (χ3v) is 6.32. The average Bonchev–Trinajstić information content (AvgIpc) is 2.94. The zero-order chi connectivity index (χ0) is 27.6. The Hall–Kier alpha value is -4.51. The van der Waals surface area contributed by atoms with E-state index in [0.717, 1.165) is 24.2 Å². The Morgan fingerprint density at radius 2 is 1.62 bits per heavy atom. The molecule has 7 nitrogen and oxygen atoms in total. The number of fused-ring (bicyclic) bond motifs is 1. The Morgan fingerprint density at radius 1 is 0.949 bits per heavy atom. The number of unbranched alkanes of at least 4 members (excludes halogenated alkanes) is 4. The van der Waals surface area contributed by atoms with E-state index in [1.165, 1.54) is 43.5 Å². The van der Waals surface area contributed by atoms with Crippen LogP contribution >= 0.6 is 0 Å². The summed E-state index contributed by atoms with van der Waals surface area (Å²) in [6.45, 7) is 2.49. The second-order valence-corrected chi connectivity index (χ2v) is 9.17. The van der Waals surface area contributed by atoms with Crippen molar-refractivity contribution in [1.29, 1.82) is 5.26 Å². The summed E-state index contributed by atoms with van der Waals surface area (Å²) in [7, 11) is 0. The summed E-state index contributed by atoms with van der Waals surface area (Å²) >= 11 is 0. The predicted molar refractivity (Wildman–Crippen MR) is 144 cm³/mol. The van der Waals surface area contributed by atoms with Crippen molar-refractivity contribution in [3.8, 4) is 29.1 Å². The molecule has 1 heterocycles. The summed E-state index contributed by atoms with van der Waals surface area (Å²) in [5, 5.41) is 9.82. The Morgan fingerprint density at radius 3 is 2.33 bits per heavy atom. The summed E-state index contributed by atoms with van der Waals surface area (Å²) < 4.78 is 35.3. The zero-order valence-corrected chi connectivity index (χ0v) is 21.8. The fourth-order valence-electron chi connectivity index (χ4n) is 4.33. The first-order valence-corrected chi connectivity index (χ1v) is 13.0. The molecule has 3 aromatic rings. The van der Waals surface area contributed by atoms with Gasteiger partial charge in [-0.05, 0) is 54.4 Å². The van der Waals surface area contributed by atoms with Crippen LogP contribution in [0.3, 0.4) is 0 Å². The van der Waals surface area contributed by atoms with E-state index in [1.54, 1.807) is 18.2 Å². The van der Waals surface area contributed by atoms with Gasteiger partial charge in [0, 0.05) is 11.6 Å². The first-order chi connectivity index (χ1) is 19.0. The first-order valence-electron chi connectivity index (χ1n) is 13.0. The number of benzene rings is 3. The molecule has 1 unspecified atom stereocenters. The molecule has 1 aliphatic heterocycles. The van der Waals surface area contributed by atoms with Crippen LogP contribution in [0.4, 0.5) is 4.39 Å².